The van der Waals surface area contributed by atoms with Crippen molar-refractivity contribution < 1.29 is 24.1 Å². The Bertz CT molecular complexity index is 2770. The minimum absolute atomic E-state index is 0.130. The third-order valence-electron chi connectivity index (χ3n) is 13.3. The van der Waals surface area contributed by atoms with Gasteiger partial charge in [-0.1, -0.05) is 36.4 Å². The number of nitro groups is 2. The molecule has 0 saturated heterocycles. The highest BCUT2D eigenvalue weighted by Crippen LogP contribution is 2.46. The van der Waals surface area contributed by atoms with Crippen LogP contribution in [0.15, 0.2) is 48.5 Å². The Morgan fingerprint density at radius 1 is 0.689 bits per heavy atom. The molecule has 0 amide bonds. The van der Waals surface area contributed by atoms with Crippen molar-refractivity contribution in [2.45, 2.75) is 105 Å². The molecule has 6 aromatic rings. The predicted octanol–water partition coefficient (Wildman–Crippen LogP) is 8.98. The predicted molar refractivity (Wildman–Crippen MR) is 237 cm³/mol. The van der Waals surface area contributed by atoms with Crippen LogP contribution < -0.4 is 14.8 Å². The number of nitrogens with zero attached hydrogens (tertiary/aromatic N) is 3. The summed E-state index contributed by atoms with van der Waals surface area (Å²) in [4.78, 5) is 42.7. The summed E-state index contributed by atoms with van der Waals surface area (Å²) in [7, 11) is 0. The standard InChI is InChI=1S/C24H27N3O3.C13H15NO4.C11H12N2/c1-14-15(2)23-19(16(3)22(14)27(28)29)11-24(4,30-23)13-26-10-9-18-17-7-5-6-8-20(17)25-21(18)12-26;1-7-8(2)12-10(5-13(4,6-15)18-12)9(3)11(7)14(16)17;1-2-4-10-8(3-1)9-5-6-12-7-11(9)13-10/h5-8,25H,9-13H2,1-4H3;6H,5H2,1-4H3;1-4,12-13H,5-7H2. The van der Waals surface area contributed by atoms with Gasteiger partial charge in [-0.2, -0.15) is 0 Å². The molecule has 13 nitrogen and oxygen atoms in total. The van der Waals surface area contributed by atoms with Crippen molar-refractivity contribution in [3.63, 3.8) is 0 Å². The first-order valence-corrected chi connectivity index (χ1v) is 21.0. The van der Waals surface area contributed by atoms with E-state index in [1.54, 1.807) is 27.7 Å². The zero-order valence-corrected chi connectivity index (χ0v) is 36.3. The van der Waals surface area contributed by atoms with Crippen LogP contribution in [0.5, 0.6) is 11.5 Å². The molecule has 10 rings (SSSR count). The van der Waals surface area contributed by atoms with Crippen LogP contribution in [0.2, 0.25) is 0 Å². The van der Waals surface area contributed by atoms with E-state index in [2.05, 4.69) is 75.6 Å². The van der Waals surface area contributed by atoms with E-state index >= 15 is 0 Å². The van der Waals surface area contributed by atoms with Gasteiger partial charge in [-0.15, -0.1) is 0 Å². The lowest BCUT2D eigenvalue weighted by molar-refractivity contribution is -0.386. The van der Waals surface area contributed by atoms with E-state index in [0.29, 0.717) is 35.3 Å². The molecule has 0 saturated carbocycles. The second-order valence-corrected chi connectivity index (χ2v) is 17.7. The van der Waals surface area contributed by atoms with Gasteiger partial charge in [0, 0.05) is 117 Å². The monoisotopic (exact) mass is 826 g/mol. The van der Waals surface area contributed by atoms with Crippen LogP contribution in [-0.2, 0) is 43.6 Å². The topological polar surface area (TPSA) is 169 Å². The number of H-pyrrole nitrogens is 2. The summed E-state index contributed by atoms with van der Waals surface area (Å²) in [6.07, 6.45) is 4.02. The number of aromatic nitrogens is 2. The minimum atomic E-state index is -0.903. The Kier molecular flexibility index (Phi) is 10.8. The third kappa shape index (κ3) is 7.43. The van der Waals surface area contributed by atoms with E-state index in [0.717, 1.165) is 85.4 Å². The minimum Gasteiger partial charge on any atom is -0.485 e. The van der Waals surface area contributed by atoms with E-state index in [1.165, 1.54) is 44.3 Å². The van der Waals surface area contributed by atoms with Crippen LogP contribution in [0.25, 0.3) is 21.8 Å². The fourth-order valence-corrected chi connectivity index (χ4v) is 9.99. The number of aromatic amines is 2. The highest BCUT2D eigenvalue weighted by molar-refractivity contribution is 5.85. The zero-order valence-electron chi connectivity index (χ0n) is 36.3. The van der Waals surface area contributed by atoms with E-state index in [-0.39, 0.29) is 26.8 Å². The highest BCUT2D eigenvalue weighted by atomic mass is 16.6. The lowest BCUT2D eigenvalue weighted by atomic mass is 9.91. The number of benzene rings is 4. The molecule has 61 heavy (non-hydrogen) atoms. The van der Waals surface area contributed by atoms with Crippen LogP contribution in [0.1, 0.15) is 80.9 Å². The Labute approximate surface area is 355 Å². The van der Waals surface area contributed by atoms with Gasteiger partial charge >= 0.3 is 0 Å². The number of carbonyl (C=O) groups is 1. The largest absolute Gasteiger partial charge is 0.485 e. The molecule has 4 aliphatic heterocycles. The molecule has 3 N–H and O–H groups in total. The van der Waals surface area contributed by atoms with Gasteiger partial charge in [-0.25, -0.2) is 0 Å². The Morgan fingerprint density at radius 2 is 1.21 bits per heavy atom. The summed E-state index contributed by atoms with van der Waals surface area (Å²) in [5.41, 5.74) is 13.2. The van der Waals surface area contributed by atoms with Gasteiger partial charge in [0.1, 0.15) is 17.1 Å². The molecule has 0 bridgehead atoms. The second kappa shape index (κ2) is 15.8. The average molecular weight is 827 g/mol. The molecule has 0 radical (unpaired) electrons. The summed E-state index contributed by atoms with van der Waals surface area (Å²) < 4.78 is 12.2. The fourth-order valence-electron chi connectivity index (χ4n) is 9.99. The quantitative estimate of drug-likeness (QED) is 0.0873. The lowest BCUT2D eigenvalue weighted by Gasteiger charge is -2.34. The lowest BCUT2D eigenvalue weighted by Crippen LogP contribution is -2.46. The number of fused-ring (bicyclic) bond motifs is 8. The van der Waals surface area contributed by atoms with Crippen LogP contribution in [0.4, 0.5) is 11.4 Å². The molecule has 4 aromatic carbocycles. The van der Waals surface area contributed by atoms with Gasteiger partial charge in [0.25, 0.3) is 11.4 Å². The molecular weight excluding hydrogens is 773 g/mol. The number of hydrogen-bond donors (Lipinski definition) is 3. The zero-order chi connectivity index (χ0) is 43.5. The number of hydrogen-bond acceptors (Lipinski definition) is 9. The summed E-state index contributed by atoms with van der Waals surface area (Å²) in [6, 6.07) is 17.0. The van der Waals surface area contributed by atoms with E-state index < -0.39 is 5.60 Å². The number of ether oxygens (including phenoxy) is 2. The molecule has 2 unspecified atom stereocenters. The molecule has 13 heteroatoms. The number of nitro benzene ring substituents is 2. The van der Waals surface area contributed by atoms with Gasteiger partial charge in [-0.3, -0.25) is 29.9 Å². The summed E-state index contributed by atoms with van der Waals surface area (Å²) in [5, 5.41) is 28.8. The third-order valence-corrected chi connectivity index (χ3v) is 13.3. The Morgan fingerprint density at radius 3 is 1.79 bits per heavy atom. The highest BCUT2D eigenvalue weighted by Gasteiger charge is 2.42. The molecule has 4 aliphatic rings. The Hall–Kier alpha value is -6.05. The van der Waals surface area contributed by atoms with Crippen LogP contribution in [0.3, 0.4) is 0 Å². The van der Waals surface area contributed by atoms with Gasteiger partial charge in [-0.05, 0) is 98.0 Å². The number of para-hydroxylation sites is 2. The first-order chi connectivity index (χ1) is 29.0. The average Bonchev–Trinajstić information content (AvgIpc) is 4.00. The number of nitrogens with one attached hydrogen (secondary N) is 3. The van der Waals surface area contributed by atoms with Gasteiger partial charge < -0.3 is 24.8 Å². The van der Waals surface area contributed by atoms with Crippen LogP contribution >= 0.6 is 0 Å². The Balaban J connectivity index is 0.000000140. The van der Waals surface area contributed by atoms with E-state index in [4.69, 9.17) is 9.47 Å². The van der Waals surface area contributed by atoms with Crippen molar-refractivity contribution >= 4 is 39.5 Å². The van der Waals surface area contributed by atoms with E-state index in [9.17, 15) is 25.0 Å². The smallest absolute Gasteiger partial charge is 0.275 e. The number of carbonyl (C=O) groups excluding carboxylic acids is 1. The molecule has 0 fully saturated rings. The van der Waals surface area contributed by atoms with Crippen molar-refractivity contribution in [1.82, 2.24) is 20.2 Å². The maximum atomic E-state index is 11.6. The summed E-state index contributed by atoms with van der Waals surface area (Å²) >= 11 is 0. The van der Waals surface area contributed by atoms with Gasteiger partial charge in [0.05, 0.1) is 9.85 Å². The van der Waals surface area contributed by atoms with Crippen LogP contribution in [0, 0.1) is 61.8 Å². The molecular formula is C48H54N6O7. The summed E-state index contributed by atoms with van der Waals surface area (Å²) in [6.45, 7) is 19.4. The van der Waals surface area contributed by atoms with Crippen molar-refractivity contribution in [3.8, 4) is 11.5 Å². The number of rotatable bonds is 5. The molecule has 0 spiro atoms. The second-order valence-electron chi connectivity index (χ2n) is 17.7. The normalized spacial score (nSPS) is 19.9. The first-order valence-electron chi connectivity index (χ1n) is 21.0. The molecule has 2 aromatic heterocycles. The molecule has 0 aliphatic carbocycles. The van der Waals surface area contributed by atoms with E-state index in [1.807, 2.05) is 20.8 Å². The van der Waals surface area contributed by atoms with Crippen molar-refractivity contribution in [1.29, 1.82) is 0 Å². The van der Waals surface area contributed by atoms with Crippen molar-refractivity contribution in [2.75, 3.05) is 19.6 Å². The summed E-state index contributed by atoms with van der Waals surface area (Å²) in [5.74, 6) is 1.48. The number of aldehydes is 1. The fraction of sp³-hybridized carbons (Fsp3) is 0.396. The molecule has 6 heterocycles. The van der Waals surface area contributed by atoms with Crippen LogP contribution in [-0.4, -0.2) is 61.8 Å². The maximum absolute atomic E-state index is 11.6. The van der Waals surface area contributed by atoms with Gasteiger partial charge in [0.2, 0.25) is 0 Å². The molecule has 318 valence electrons. The molecule has 2 atom stereocenters. The van der Waals surface area contributed by atoms with Crippen molar-refractivity contribution in [3.05, 3.63) is 136 Å². The van der Waals surface area contributed by atoms with Crippen molar-refractivity contribution in [2.24, 2.45) is 0 Å². The maximum Gasteiger partial charge on any atom is 0.275 e. The SMILES string of the molecule is Cc1c(C)c([N+](=O)[O-])c(C)c2c1OC(C)(C=O)C2.Cc1c(C)c([N+](=O)[O-])c(C)c2c1OC(C)(CN1CCc3c([nH]c4ccccc34)C1)C2.c1ccc2c3c([nH]c2c1)CNCC3. The first kappa shape index (κ1) is 41.7. The van der Waals surface area contributed by atoms with Gasteiger partial charge in [0.15, 0.2) is 11.9 Å².